The normalized spacial score (nSPS) is 4.80. The summed E-state index contributed by atoms with van der Waals surface area (Å²) in [7, 11) is 0. The molecule has 0 amide bonds. The van der Waals surface area contributed by atoms with Crippen LogP contribution in [0.15, 0.2) is 0 Å². The summed E-state index contributed by atoms with van der Waals surface area (Å²) in [6, 6.07) is 0. The first-order chi connectivity index (χ1) is 12.1. The van der Waals surface area contributed by atoms with Crippen molar-refractivity contribution in [3.05, 3.63) is 0 Å². The van der Waals surface area contributed by atoms with Crippen LogP contribution < -0.4 is 152 Å². The molecule has 0 aromatic heterocycles. The molecule has 0 aromatic rings. The number of carbonyl (C=O) groups is 7. The molecule has 28 heteroatoms. The van der Waals surface area contributed by atoms with Crippen molar-refractivity contribution >= 4 is 175 Å². The fourth-order valence-corrected chi connectivity index (χ4v) is 0. The van der Waals surface area contributed by atoms with Crippen LogP contribution in [0.25, 0.3) is 0 Å². The summed E-state index contributed by atoms with van der Waals surface area (Å²) < 4.78 is 0. The van der Waals surface area contributed by atoms with Crippen molar-refractivity contribution in [1.82, 2.24) is 0 Å². The van der Waals surface area contributed by atoms with Gasteiger partial charge in [-0.05, 0) is 43.1 Å². The maximum Gasteiger partial charge on any atom is 3.00 e. The van der Waals surface area contributed by atoms with Crippen LogP contribution in [0.5, 0.6) is 0 Å². The summed E-state index contributed by atoms with van der Waals surface area (Å²) in [5, 5.41) is 117. The SMILES string of the molecule is O=C([O-])[O-].O=C([O-])[O-].O=C([O-])[O-].O=C([O-])[O-].O=C([O-])[O-].O=C([O-])[O-].O=C([O-])[O-].[Ba+2].[Ca+2].[Ce+3].[K+].[Na+].[Sr+2].[Y+3]. The van der Waals surface area contributed by atoms with Crippen molar-refractivity contribution in [3.63, 3.8) is 0 Å². The Kier molecular flexibility index (Phi) is 214. The molecule has 0 aliphatic heterocycles. The Bertz CT molecular complexity index is 347. The summed E-state index contributed by atoms with van der Waals surface area (Å²) in [4.78, 5) is 58.3. The molecule has 0 aliphatic rings. The summed E-state index contributed by atoms with van der Waals surface area (Å²) in [6.07, 6.45) is -16.3. The number of hydrogen-bond acceptors (Lipinski definition) is 21. The monoisotopic (exact) mass is 976 g/mol. The summed E-state index contributed by atoms with van der Waals surface area (Å²) in [5.74, 6) is 0. The van der Waals surface area contributed by atoms with Crippen LogP contribution in [-0.2, 0) is 32.7 Å². The quantitative estimate of drug-likeness (QED) is 0.203. The zero-order valence-corrected chi connectivity index (χ0v) is 38.5. The summed E-state index contributed by atoms with van der Waals surface area (Å²) in [6.45, 7) is 0. The molecule has 1 radical (unpaired) electrons. The fourth-order valence-electron chi connectivity index (χ4n) is 0. The molecular formula is C7BaCaCeKNaO21SrY. The van der Waals surface area contributed by atoms with Gasteiger partial charge in [0.2, 0.25) is 0 Å². The van der Waals surface area contributed by atoms with Crippen molar-refractivity contribution in [3.8, 4) is 0 Å². The van der Waals surface area contributed by atoms with Crippen LogP contribution >= 0.6 is 0 Å². The molecule has 0 spiro atoms. The molecule has 0 rings (SSSR count). The molecule has 0 N–H and O–H groups in total. The summed E-state index contributed by atoms with van der Waals surface area (Å²) >= 11 is 0. The molecule has 21 nitrogen and oxygen atoms in total. The van der Waals surface area contributed by atoms with Gasteiger partial charge >= 0.3 is 287 Å². The van der Waals surface area contributed by atoms with Gasteiger partial charge in [0.15, 0.2) is 0 Å². The Labute approximate surface area is 424 Å². The van der Waals surface area contributed by atoms with Crippen molar-refractivity contribution in [1.29, 1.82) is 0 Å². The molecule has 169 valence electrons. The Morgan fingerprint density at radius 1 is 0.371 bits per heavy atom. The summed E-state index contributed by atoms with van der Waals surface area (Å²) in [5.41, 5.74) is 0. The Balaban J connectivity index is -0.0000000119. The van der Waals surface area contributed by atoms with Crippen molar-refractivity contribution < 1.29 is 260 Å². The minimum absolute atomic E-state index is 0. The van der Waals surface area contributed by atoms with Crippen LogP contribution in [0.2, 0.25) is 0 Å². The standard InChI is InChI=1S/7CH2O3.Ba.Ca.Ce.K.Na.Sr.Y/c7*2-1(3)4;;;;;;;/h7*(H2,2,3,4);;;;;;;/q;;;;;;;2*+2;+3;2*+1;+2;+3/p-14. The van der Waals surface area contributed by atoms with Gasteiger partial charge in [0.25, 0.3) is 0 Å². The Morgan fingerprint density at radius 3 is 0.371 bits per heavy atom. The van der Waals surface area contributed by atoms with E-state index in [9.17, 15) is 0 Å². The first-order valence-corrected chi connectivity index (χ1v) is 4.29. The van der Waals surface area contributed by atoms with Gasteiger partial charge in [-0.1, -0.05) is 0 Å². The number of rotatable bonds is 0. The molecule has 0 saturated carbocycles. The number of hydrogen-bond donors (Lipinski definition) is 0. The van der Waals surface area contributed by atoms with Gasteiger partial charge in [-0.3, -0.25) is 0 Å². The van der Waals surface area contributed by atoms with Crippen molar-refractivity contribution in [2.24, 2.45) is 0 Å². The van der Waals surface area contributed by atoms with Gasteiger partial charge < -0.3 is 105 Å². The zero-order valence-electron chi connectivity index (χ0n) is 17.3. The smallest absolute Gasteiger partial charge is 0.652 e. The van der Waals surface area contributed by atoms with E-state index in [-0.39, 0.29) is 287 Å². The maximum absolute atomic E-state index is 8.33. The topological polar surface area (TPSA) is 442 Å². The predicted octanol–water partition coefficient (Wildman–Crippen LogP) is -24.3. The van der Waals surface area contributed by atoms with Crippen LogP contribution in [0.1, 0.15) is 0 Å². The van der Waals surface area contributed by atoms with Crippen LogP contribution in [-0.4, -0.2) is 175 Å². The minimum atomic E-state index is -2.33. The first-order valence-electron chi connectivity index (χ1n) is 4.29. The van der Waals surface area contributed by atoms with E-state index in [1.54, 1.807) is 0 Å². The number of carboxylic acid groups (broad SMARTS) is 14. The number of carbonyl (C=O) groups excluding carboxylic acids is 7. The Hall–Kier alpha value is 4.32. The zero-order chi connectivity index (χ0) is 25.0. The molecule has 0 heterocycles. The van der Waals surface area contributed by atoms with Crippen molar-refractivity contribution in [2.75, 3.05) is 0 Å². The fraction of sp³-hybridized carbons (Fsp3) is 0. The average Bonchev–Trinajstić information content (AvgIpc) is 2.20. The molecule has 0 unspecified atom stereocenters. The second kappa shape index (κ2) is 83.2. The van der Waals surface area contributed by atoms with Crippen LogP contribution in [0.4, 0.5) is 33.6 Å². The largest absolute Gasteiger partial charge is 3.00 e. The van der Waals surface area contributed by atoms with E-state index < -0.39 is 43.1 Å². The van der Waals surface area contributed by atoms with Gasteiger partial charge in [0, 0.05) is 0 Å². The van der Waals surface area contributed by atoms with Gasteiger partial charge in [-0.25, -0.2) is 0 Å². The van der Waals surface area contributed by atoms with Gasteiger partial charge in [0.1, 0.15) is 0 Å². The van der Waals surface area contributed by atoms with Gasteiger partial charge in [-0.2, -0.15) is 0 Å². The van der Waals surface area contributed by atoms with E-state index in [0.717, 1.165) is 0 Å². The molecule has 0 fully saturated rings. The molecule has 0 bridgehead atoms. The van der Waals surface area contributed by atoms with E-state index in [4.69, 9.17) is 105 Å². The maximum atomic E-state index is 8.33. The molecule has 0 aromatic carbocycles. The predicted molar refractivity (Wildman–Crippen MR) is 55.0 cm³/mol. The van der Waals surface area contributed by atoms with Crippen LogP contribution in [0.3, 0.4) is 0 Å². The molecule has 0 aliphatic carbocycles. The first kappa shape index (κ1) is 90.1. The molecular weight excluding hydrogens is 976 g/mol. The third-order valence-corrected chi connectivity index (χ3v) is 0. The van der Waals surface area contributed by atoms with E-state index >= 15 is 0 Å². The molecule has 0 atom stereocenters. The van der Waals surface area contributed by atoms with Gasteiger partial charge in [-0.15, -0.1) is 0 Å². The third-order valence-electron chi connectivity index (χ3n) is 0. The van der Waals surface area contributed by atoms with E-state index in [1.807, 2.05) is 0 Å². The van der Waals surface area contributed by atoms with Crippen LogP contribution in [0, 0.1) is 41.7 Å². The minimum Gasteiger partial charge on any atom is -0.652 e. The van der Waals surface area contributed by atoms with E-state index in [2.05, 4.69) is 0 Å². The van der Waals surface area contributed by atoms with E-state index in [1.165, 1.54) is 0 Å². The average molecular weight is 976 g/mol. The molecule has 0 saturated heterocycles. The molecule has 35 heavy (non-hydrogen) atoms. The van der Waals surface area contributed by atoms with Gasteiger partial charge in [0.05, 0.1) is 0 Å². The van der Waals surface area contributed by atoms with Crippen molar-refractivity contribution in [2.45, 2.75) is 0 Å². The second-order valence-corrected chi connectivity index (χ2v) is 1.75. The Morgan fingerprint density at radius 2 is 0.371 bits per heavy atom. The van der Waals surface area contributed by atoms with E-state index in [0.29, 0.717) is 0 Å². The third kappa shape index (κ3) is 2710. The second-order valence-electron chi connectivity index (χ2n) is 1.75.